The van der Waals surface area contributed by atoms with Gasteiger partial charge in [-0.2, -0.15) is 5.10 Å². The van der Waals surface area contributed by atoms with E-state index >= 15 is 0 Å². The van der Waals surface area contributed by atoms with E-state index in [9.17, 15) is 4.79 Å². The Bertz CT molecular complexity index is 649. The highest BCUT2D eigenvalue weighted by atomic mass is 16.5. The summed E-state index contributed by atoms with van der Waals surface area (Å²) in [7, 11) is 3.31. The van der Waals surface area contributed by atoms with Gasteiger partial charge in [0.25, 0.3) is 0 Å². The number of carbonyl (C=O) groups excluding carboxylic acids is 1. The van der Waals surface area contributed by atoms with E-state index in [0.29, 0.717) is 28.3 Å². The molecule has 0 aromatic carbocycles. The molecular weight excluding hydrogens is 270 g/mol. The predicted molar refractivity (Wildman–Crippen MR) is 79.4 cm³/mol. The highest BCUT2D eigenvalue weighted by Gasteiger charge is 2.21. The molecule has 0 saturated carbocycles. The molecule has 0 aliphatic heterocycles. The van der Waals surface area contributed by atoms with Gasteiger partial charge >= 0.3 is 5.97 Å². The fourth-order valence-electron chi connectivity index (χ4n) is 2.40. The summed E-state index contributed by atoms with van der Waals surface area (Å²) in [5.74, 6) is 0.502. The fraction of sp³-hybridized carbons (Fsp3) is 0.533. The lowest BCUT2D eigenvalue weighted by molar-refractivity contribution is 0.0296. The Kier molecular flexibility index (Phi) is 4.45. The molecule has 2 aromatic heterocycles. The number of methoxy groups -OCH3 is 1. The van der Waals surface area contributed by atoms with E-state index in [1.165, 1.54) is 13.3 Å². The predicted octanol–water partition coefficient (Wildman–Crippen LogP) is 2.57. The van der Waals surface area contributed by atoms with Gasteiger partial charge in [0.2, 0.25) is 0 Å². The minimum Gasteiger partial charge on any atom is -0.495 e. The van der Waals surface area contributed by atoms with Gasteiger partial charge in [-0.15, -0.1) is 0 Å². The number of nitrogens with zero attached hydrogens (tertiary/aromatic N) is 3. The molecule has 114 valence electrons. The summed E-state index contributed by atoms with van der Waals surface area (Å²) in [6.45, 7) is 6.07. The summed E-state index contributed by atoms with van der Waals surface area (Å²) in [6.07, 6.45) is 3.78. The summed E-state index contributed by atoms with van der Waals surface area (Å²) in [5, 5.41) is 4.83. The lowest BCUT2D eigenvalue weighted by Gasteiger charge is -2.16. The summed E-state index contributed by atoms with van der Waals surface area (Å²) in [5.41, 5.74) is 0.993. The molecule has 0 aliphatic carbocycles. The lowest BCUT2D eigenvalue weighted by Crippen LogP contribution is -2.17. The average molecular weight is 291 g/mol. The van der Waals surface area contributed by atoms with Crippen molar-refractivity contribution in [1.82, 2.24) is 14.8 Å². The first-order valence-corrected chi connectivity index (χ1v) is 6.99. The van der Waals surface area contributed by atoms with Crippen molar-refractivity contribution in [3.8, 4) is 5.75 Å². The van der Waals surface area contributed by atoms with Gasteiger partial charge in [-0.05, 0) is 19.3 Å². The first-order chi connectivity index (χ1) is 9.93. The van der Waals surface area contributed by atoms with Gasteiger partial charge < -0.3 is 9.47 Å². The van der Waals surface area contributed by atoms with Crippen LogP contribution in [0.15, 0.2) is 12.4 Å². The van der Waals surface area contributed by atoms with Gasteiger partial charge in [-0.25, -0.2) is 9.78 Å². The van der Waals surface area contributed by atoms with Crippen molar-refractivity contribution in [2.45, 2.75) is 33.3 Å². The Labute approximate surface area is 124 Å². The number of pyridine rings is 1. The molecule has 2 aromatic rings. The maximum Gasteiger partial charge on any atom is 0.343 e. The van der Waals surface area contributed by atoms with Crippen LogP contribution in [-0.4, -0.2) is 33.9 Å². The minimum atomic E-state index is -0.418. The van der Waals surface area contributed by atoms with E-state index < -0.39 is 5.97 Å². The van der Waals surface area contributed by atoms with E-state index in [4.69, 9.17) is 9.47 Å². The Morgan fingerprint density at radius 1 is 1.33 bits per heavy atom. The third-order valence-corrected chi connectivity index (χ3v) is 3.25. The minimum absolute atomic E-state index is 0.146. The number of esters is 1. The van der Waals surface area contributed by atoms with E-state index in [1.54, 1.807) is 17.9 Å². The third kappa shape index (κ3) is 3.15. The molecule has 0 fully saturated rings. The zero-order valence-electron chi connectivity index (χ0n) is 13.1. The van der Waals surface area contributed by atoms with Gasteiger partial charge in [0.1, 0.15) is 11.3 Å². The second-order valence-corrected chi connectivity index (χ2v) is 5.56. The normalized spacial score (nSPS) is 12.7. The molecule has 1 unspecified atom stereocenters. The van der Waals surface area contributed by atoms with Crippen molar-refractivity contribution in [3.05, 3.63) is 18.0 Å². The van der Waals surface area contributed by atoms with Gasteiger partial charge in [-0.1, -0.05) is 13.8 Å². The third-order valence-electron chi connectivity index (χ3n) is 3.25. The molecule has 0 bridgehead atoms. The molecule has 0 radical (unpaired) electrons. The maximum atomic E-state index is 12.3. The van der Waals surface area contributed by atoms with E-state index in [2.05, 4.69) is 23.9 Å². The number of hydrogen-bond acceptors (Lipinski definition) is 5. The molecule has 0 aliphatic rings. The van der Waals surface area contributed by atoms with Gasteiger partial charge in [0, 0.05) is 13.2 Å². The molecule has 1 atom stereocenters. The molecule has 0 saturated heterocycles. The quantitative estimate of drug-likeness (QED) is 0.792. The zero-order valence-corrected chi connectivity index (χ0v) is 13.1. The lowest BCUT2D eigenvalue weighted by atomic mass is 10.1. The number of fused-ring (bicyclic) bond motifs is 1. The fourth-order valence-corrected chi connectivity index (χ4v) is 2.40. The van der Waals surface area contributed by atoms with Crippen LogP contribution in [-0.2, 0) is 11.8 Å². The largest absolute Gasteiger partial charge is 0.495 e. The Balaban J connectivity index is 2.31. The SMILES string of the molecule is COc1c(C(=O)OC(C)CC(C)C)cnc2c1cnn2C. The number of rotatable bonds is 5. The van der Waals surface area contributed by atoms with Crippen molar-refractivity contribution >= 4 is 17.0 Å². The van der Waals surface area contributed by atoms with Crippen LogP contribution in [0.25, 0.3) is 11.0 Å². The topological polar surface area (TPSA) is 66.2 Å². The van der Waals surface area contributed by atoms with Crippen LogP contribution in [0, 0.1) is 5.92 Å². The zero-order chi connectivity index (χ0) is 15.6. The van der Waals surface area contributed by atoms with E-state index in [1.807, 2.05) is 6.92 Å². The second kappa shape index (κ2) is 6.11. The molecular formula is C15H21N3O3. The van der Waals surface area contributed by atoms with Crippen LogP contribution in [0.2, 0.25) is 0 Å². The number of hydrogen-bond donors (Lipinski definition) is 0. The highest BCUT2D eigenvalue weighted by Crippen LogP contribution is 2.28. The molecule has 0 amide bonds. The van der Waals surface area contributed by atoms with Crippen molar-refractivity contribution in [2.24, 2.45) is 13.0 Å². The molecule has 21 heavy (non-hydrogen) atoms. The molecule has 2 rings (SSSR count). The van der Waals surface area contributed by atoms with Crippen LogP contribution in [0.5, 0.6) is 5.75 Å². The molecule has 6 nitrogen and oxygen atoms in total. The highest BCUT2D eigenvalue weighted by molar-refractivity contribution is 5.98. The standard InChI is InChI=1S/C15H21N3O3/c1-9(2)6-10(3)21-15(19)12-7-16-14-11(13(12)20-5)8-17-18(14)4/h7-10H,6H2,1-5H3. The summed E-state index contributed by atoms with van der Waals surface area (Å²) < 4.78 is 12.5. The Morgan fingerprint density at radius 3 is 2.67 bits per heavy atom. The smallest absolute Gasteiger partial charge is 0.343 e. The van der Waals surface area contributed by atoms with Crippen LogP contribution < -0.4 is 4.74 Å². The number of ether oxygens (including phenoxy) is 2. The Morgan fingerprint density at radius 2 is 2.05 bits per heavy atom. The second-order valence-electron chi connectivity index (χ2n) is 5.56. The first-order valence-electron chi connectivity index (χ1n) is 6.99. The summed E-state index contributed by atoms with van der Waals surface area (Å²) in [6, 6.07) is 0. The first kappa shape index (κ1) is 15.3. The summed E-state index contributed by atoms with van der Waals surface area (Å²) >= 11 is 0. The summed E-state index contributed by atoms with van der Waals surface area (Å²) in [4.78, 5) is 16.6. The van der Waals surface area contributed by atoms with Gasteiger partial charge in [0.15, 0.2) is 5.65 Å². The van der Waals surface area contributed by atoms with E-state index in [0.717, 1.165) is 6.42 Å². The maximum absolute atomic E-state index is 12.3. The molecule has 6 heteroatoms. The molecule has 0 spiro atoms. The van der Waals surface area contributed by atoms with Gasteiger partial charge in [-0.3, -0.25) is 4.68 Å². The number of aryl methyl sites for hydroxylation is 1. The average Bonchev–Trinajstić information content (AvgIpc) is 2.78. The van der Waals surface area contributed by atoms with Crippen LogP contribution in [0.3, 0.4) is 0 Å². The van der Waals surface area contributed by atoms with Gasteiger partial charge in [0.05, 0.1) is 24.8 Å². The van der Waals surface area contributed by atoms with Crippen LogP contribution >= 0.6 is 0 Å². The Hall–Kier alpha value is -2.11. The van der Waals surface area contributed by atoms with Crippen molar-refractivity contribution in [3.63, 3.8) is 0 Å². The number of aromatic nitrogens is 3. The monoisotopic (exact) mass is 291 g/mol. The van der Waals surface area contributed by atoms with Crippen molar-refractivity contribution in [2.75, 3.05) is 7.11 Å². The number of carbonyl (C=O) groups is 1. The van der Waals surface area contributed by atoms with Crippen molar-refractivity contribution < 1.29 is 14.3 Å². The van der Waals surface area contributed by atoms with E-state index in [-0.39, 0.29) is 6.10 Å². The van der Waals surface area contributed by atoms with Crippen molar-refractivity contribution in [1.29, 1.82) is 0 Å². The molecule has 0 N–H and O–H groups in total. The van der Waals surface area contributed by atoms with Crippen LogP contribution in [0.4, 0.5) is 0 Å². The molecule has 2 heterocycles. The van der Waals surface area contributed by atoms with Crippen LogP contribution in [0.1, 0.15) is 37.6 Å².